The molecule has 1 saturated heterocycles. The minimum atomic E-state index is -1.01. The molecule has 0 radical (unpaired) electrons. The molecule has 1 aromatic carbocycles. The Kier molecular flexibility index (Phi) is 7.57. The molecule has 0 aliphatic carbocycles. The van der Waals surface area contributed by atoms with Crippen LogP contribution in [0.4, 0.5) is 0 Å². The Bertz CT molecular complexity index is 1410. The maximum absolute atomic E-state index is 13.0. The second-order valence-corrected chi connectivity index (χ2v) is 10.7. The van der Waals surface area contributed by atoms with E-state index in [1.165, 1.54) is 13.8 Å². The van der Waals surface area contributed by atoms with E-state index >= 15 is 0 Å². The summed E-state index contributed by atoms with van der Waals surface area (Å²) in [6.07, 6.45) is 5.57. The van der Waals surface area contributed by atoms with Gasteiger partial charge in [-0.05, 0) is 57.4 Å². The summed E-state index contributed by atoms with van der Waals surface area (Å²) < 4.78 is 1.63. The van der Waals surface area contributed by atoms with E-state index in [2.05, 4.69) is 17.0 Å². The molecule has 8 nitrogen and oxygen atoms in total. The molecule has 3 aromatic rings. The zero-order chi connectivity index (χ0) is 27.7. The monoisotopic (exact) mass is 525 g/mol. The molecular weight excluding hydrogens is 490 g/mol. The van der Waals surface area contributed by atoms with Crippen molar-refractivity contribution in [3.05, 3.63) is 71.7 Å². The van der Waals surface area contributed by atoms with Crippen LogP contribution in [0.3, 0.4) is 0 Å². The van der Waals surface area contributed by atoms with E-state index in [9.17, 15) is 14.7 Å². The van der Waals surface area contributed by atoms with Crippen LogP contribution >= 0.6 is 0 Å². The summed E-state index contributed by atoms with van der Waals surface area (Å²) in [6, 6.07) is 14.1. The van der Waals surface area contributed by atoms with Gasteiger partial charge in [0.15, 0.2) is 11.6 Å². The van der Waals surface area contributed by atoms with E-state index in [0.29, 0.717) is 37.9 Å². The van der Waals surface area contributed by atoms with Crippen LogP contribution in [0.5, 0.6) is 0 Å². The number of piperidine rings is 1. The number of nitrogens with zero attached hydrogens (tertiary/aromatic N) is 4. The van der Waals surface area contributed by atoms with Crippen molar-refractivity contribution >= 4 is 17.5 Å². The van der Waals surface area contributed by atoms with Crippen molar-refractivity contribution in [2.45, 2.75) is 58.5 Å². The number of aliphatic hydroxyl groups is 1. The van der Waals surface area contributed by atoms with Crippen molar-refractivity contribution < 1.29 is 14.7 Å². The first-order valence-corrected chi connectivity index (χ1v) is 13.7. The fourth-order valence-corrected chi connectivity index (χ4v) is 5.97. The smallest absolute Gasteiger partial charge is 0.251 e. The highest BCUT2D eigenvalue weighted by Gasteiger charge is 2.34. The Balaban J connectivity index is 1.47. The largest absolute Gasteiger partial charge is 0.384 e. The van der Waals surface area contributed by atoms with E-state index < -0.39 is 6.10 Å². The number of fused-ring (bicyclic) bond motifs is 1. The second kappa shape index (κ2) is 11.1. The van der Waals surface area contributed by atoms with Gasteiger partial charge in [0.25, 0.3) is 5.91 Å². The molecule has 0 saturated carbocycles. The van der Waals surface area contributed by atoms with Gasteiger partial charge in [0.1, 0.15) is 6.10 Å². The van der Waals surface area contributed by atoms with Gasteiger partial charge in [-0.25, -0.2) is 4.68 Å². The molecule has 39 heavy (non-hydrogen) atoms. The van der Waals surface area contributed by atoms with Gasteiger partial charge in [0, 0.05) is 36.0 Å². The fourth-order valence-electron chi connectivity index (χ4n) is 5.97. The maximum atomic E-state index is 13.0. The summed E-state index contributed by atoms with van der Waals surface area (Å²) in [5.41, 5.74) is 6.16. The lowest BCUT2D eigenvalue weighted by Gasteiger charge is -2.35. The molecule has 4 heterocycles. The number of rotatable bonds is 5. The number of hydrogen-bond acceptors (Lipinski definition) is 6. The number of ketones is 1. The topological polar surface area (TPSA) is 112 Å². The number of carbonyl (C=O) groups is 2. The van der Waals surface area contributed by atoms with E-state index in [1.807, 2.05) is 48.7 Å². The number of aromatic nitrogens is 3. The first-order chi connectivity index (χ1) is 18.8. The SMILES string of the molecule is CC(=O)C1=C(C2CCN(C(=O)C(C)O)CC2)CCC(C)c2c(-c3ccc(-c4ccccc4)nc3)cnn2C1=N. The number of amides is 1. The number of benzene rings is 1. The predicted molar refractivity (Wildman–Crippen MR) is 150 cm³/mol. The van der Waals surface area contributed by atoms with Crippen LogP contribution in [0.1, 0.15) is 58.1 Å². The van der Waals surface area contributed by atoms with Gasteiger partial charge in [0.05, 0.1) is 23.2 Å². The molecular formula is C31H35N5O3. The number of carbonyl (C=O) groups excluding carboxylic acids is 2. The van der Waals surface area contributed by atoms with Crippen LogP contribution in [0.25, 0.3) is 22.4 Å². The summed E-state index contributed by atoms with van der Waals surface area (Å²) >= 11 is 0. The lowest BCUT2D eigenvalue weighted by molar-refractivity contribution is -0.140. The summed E-state index contributed by atoms with van der Waals surface area (Å²) in [6.45, 7) is 6.24. The summed E-state index contributed by atoms with van der Waals surface area (Å²) in [5.74, 6) is -0.0586. The number of Topliss-reactive ketones (excluding diaryl/α,β-unsaturated/α-hetero) is 1. The number of aliphatic hydroxyl groups excluding tert-OH is 1. The van der Waals surface area contributed by atoms with Gasteiger partial charge in [-0.1, -0.05) is 48.9 Å². The van der Waals surface area contributed by atoms with Crippen molar-refractivity contribution in [1.29, 1.82) is 5.41 Å². The van der Waals surface area contributed by atoms with Gasteiger partial charge in [0.2, 0.25) is 0 Å². The third-order valence-electron chi connectivity index (χ3n) is 8.04. The van der Waals surface area contributed by atoms with Crippen LogP contribution in [0, 0.1) is 11.3 Å². The van der Waals surface area contributed by atoms with Gasteiger partial charge in [-0.3, -0.25) is 20.0 Å². The molecule has 2 aromatic heterocycles. The molecule has 2 atom stereocenters. The molecule has 1 fully saturated rings. The van der Waals surface area contributed by atoms with Gasteiger partial charge < -0.3 is 10.0 Å². The molecule has 2 aliphatic heterocycles. The highest BCUT2D eigenvalue weighted by atomic mass is 16.3. The Hall–Kier alpha value is -3.91. The van der Waals surface area contributed by atoms with Crippen molar-refractivity contribution in [3.8, 4) is 22.4 Å². The molecule has 8 heteroatoms. The van der Waals surface area contributed by atoms with Crippen molar-refractivity contribution in [1.82, 2.24) is 19.7 Å². The van der Waals surface area contributed by atoms with Crippen molar-refractivity contribution in [3.63, 3.8) is 0 Å². The van der Waals surface area contributed by atoms with Crippen molar-refractivity contribution in [2.24, 2.45) is 5.92 Å². The summed E-state index contributed by atoms with van der Waals surface area (Å²) in [7, 11) is 0. The zero-order valence-electron chi connectivity index (χ0n) is 22.7. The first kappa shape index (κ1) is 26.7. The van der Waals surface area contributed by atoms with E-state index in [4.69, 9.17) is 5.41 Å². The van der Waals surface area contributed by atoms with Crippen LogP contribution in [-0.2, 0) is 9.59 Å². The number of allylic oxidation sites excluding steroid dienone is 2. The highest BCUT2D eigenvalue weighted by molar-refractivity contribution is 6.21. The molecule has 2 aliphatic rings. The van der Waals surface area contributed by atoms with Gasteiger partial charge in [-0.15, -0.1) is 0 Å². The number of hydrogen-bond donors (Lipinski definition) is 2. The first-order valence-electron chi connectivity index (χ1n) is 13.7. The minimum Gasteiger partial charge on any atom is -0.384 e. The lowest BCUT2D eigenvalue weighted by atomic mass is 9.79. The summed E-state index contributed by atoms with van der Waals surface area (Å²) in [4.78, 5) is 31.6. The van der Waals surface area contributed by atoms with Gasteiger partial charge >= 0.3 is 0 Å². The quantitative estimate of drug-likeness (QED) is 0.495. The standard InChI is InChI=1S/C31H35N5O3/c1-19-9-11-25(22-13-15-35(16-14-22)31(39)21(3)38)28(20(2)37)30(32)36-29(19)26(18-34-36)24-10-12-27(33-17-24)23-7-5-4-6-8-23/h4-8,10,12,17-19,21-22,32,38H,9,11,13-16H2,1-3H3. The van der Waals surface area contributed by atoms with Gasteiger partial charge in [-0.2, -0.15) is 5.10 Å². The average molecular weight is 526 g/mol. The number of nitrogens with one attached hydrogen (secondary N) is 1. The number of likely N-dealkylation sites (tertiary alicyclic amines) is 1. The molecule has 0 bridgehead atoms. The van der Waals surface area contributed by atoms with Crippen LogP contribution in [0.15, 0.2) is 66.0 Å². The highest BCUT2D eigenvalue weighted by Crippen LogP contribution is 2.39. The fraction of sp³-hybridized carbons (Fsp3) is 0.387. The molecule has 0 spiro atoms. The predicted octanol–water partition coefficient (Wildman–Crippen LogP) is 4.84. The summed E-state index contributed by atoms with van der Waals surface area (Å²) in [5, 5.41) is 23.4. The molecule has 2 unspecified atom stereocenters. The number of pyridine rings is 1. The Morgan fingerprint density at radius 3 is 2.36 bits per heavy atom. The molecule has 202 valence electrons. The minimum absolute atomic E-state index is 0.108. The Morgan fingerprint density at radius 2 is 1.74 bits per heavy atom. The van der Waals surface area contributed by atoms with Crippen LogP contribution in [-0.4, -0.2) is 61.5 Å². The maximum Gasteiger partial charge on any atom is 0.251 e. The van der Waals surface area contributed by atoms with E-state index in [1.54, 1.807) is 15.8 Å². The normalized spacial score (nSPS) is 19.3. The molecule has 5 rings (SSSR count). The lowest BCUT2D eigenvalue weighted by Crippen LogP contribution is -2.43. The molecule has 2 N–H and O–H groups in total. The Labute approximate surface area is 228 Å². The van der Waals surface area contributed by atoms with E-state index in [-0.39, 0.29) is 29.4 Å². The van der Waals surface area contributed by atoms with E-state index in [0.717, 1.165) is 40.1 Å². The second-order valence-electron chi connectivity index (χ2n) is 10.7. The third-order valence-corrected chi connectivity index (χ3v) is 8.04. The third kappa shape index (κ3) is 5.21. The van der Waals surface area contributed by atoms with Crippen molar-refractivity contribution in [2.75, 3.05) is 13.1 Å². The Morgan fingerprint density at radius 1 is 1.03 bits per heavy atom. The van der Waals surface area contributed by atoms with Crippen LogP contribution < -0.4 is 0 Å². The molecule has 1 amide bonds. The zero-order valence-corrected chi connectivity index (χ0v) is 22.7. The average Bonchev–Trinajstić information content (AvgIpc) is 3.39. The van der Waals surface area contributed by atoms with Crippen LogP contribution in [0.2, 0.25) is 0 Å².